The predicted octanol–water partition coefficient (Wildman–Crippen LogP) is 1.64. The monoisotopic (exact) mass is 287 g/mol. The Morgan fingerprint density at radius 2 is 2.33 bits per heavy atom. The summed E-state index contributed by atoms with van der Waals surface area (Å²) in [6.07, 6.45) is 2.02. The van der Waals surface area contributed by atoms with Crippen LogP contribution in [0.2, 0.25) is 0 Å². The van der Waals surface area contributed by atoms with Gasteiger partial charge in [0.2, 0.25) is 0 Å². The number of amides is 1. The minimum atomic E-state index is -0.239. The van der Waals surface area contributed by atoms with Crippen molar-refractivity contribution in [2.45, 2.75) is 32.3 Å². The number of rotatable bonds is 3. The Balaban J connectivity index is 2.01. The Bertz CT molecular complexity index is 577. The van der Waals surface area contributed by atoms with Crippen molar-refractivity contribution >= 4 is 5.91 Å². The molecule has 1 saturated heterocycles. The molecule has 21 heavy (non-hydrogen) atoms. The van der Waals surface area contributed by atoms with Crippen LogP contribution >= 0.6 is 0 Å². The average molecular weight is 287 g/mol. The largest absolute Gasteiger partial charge is 0.384 e. The highest BCUT2D eigenvalue weighted by molar-refractivity contribution is 5.94. The van der Waals surface area contributed by atoms with E-state index in [0.29, 0.717) is 12.1 Å². The van der Waals surface area contributed by atoms with E-state index in [4.69, 9.17) is 9.84 Å². The van der Waals surface area contributed by atoms with Gasteiger partial charge in [-0.25, -0.2) is 0 Å². The first-order chi connectivity index (χ1) is 10.0. The highest BCUT2D eigenvalue weighted by Crippen LogP contribution is 2.24. The summed E-state index contributed by atoms with van der Waals surface area (Å²) in [6.45, 7) is 5.06. The van der Waals surface area contributed by atoms with Crippen molar-refractivity contribution in [3.63, 3.8) is 0 Å². The van der Waals surface area contributed by atoms with E-state index in [0.717, 1.165) is 30.6 Å². The zero-order chi connectivity index (χ0) is 15.3. The van der Waals surface area contributed by atoms with Crippen LogP contribution in [0.1, 0.15) is 41.3 Å². The van der Waals surface area contributed by atoms with Crippen LogP contribution in [0.25, 0.3) is 0 Å². The van der Waals surface area contributed by atoms with Gasteiger partial charge in [-0.3, -0.25) is 4.79 Å². The molecule has 1 aliphatic heterocycles. The number of ether oxygens (including phenoxy) is 1. The summed E-state index contributed by atoms with van der Waals surface area (Å²) in [7, 11) is 0. The van der Waals surface area contributed by atoms with E-state index in [9.17, 15) is 4.79 Å². The van der Waals surface area contributed by atoms with Crippen LogP contribution < -0.4 is 5.32 Å². The molecule has 1 aromatic carbocycles. The summed E-state index contributed by atoms with van der Waals surface area (Å²) in [5, 5.41) is 11.6. The molecule has 1 unspecified atom stereocenters. The summed E-state index contributed by atoms with van der Waals surface area (Å²) in [5.41, 5.74) is 2.12. The first-order valence-corrected chi connectivity index (χ1v) is 7.17. The Labute approximate surface area is 125 Å². The molecule has 1 amide bonds. The maximum Gasteiger partial charge on any atom is 0.251 e. The molecule has 0 saturated carbocycles. The Morgan fingerprint density at radius 3 is 2.95 bits per heavy atom. The molecule has 0 bridgehead atoms. The van der Waals surface area contributed by atoms with Gasteiger partial charge in [0, 0.05) is 24.3 Å². The van der Waals surface area contributed by atoms with Gasteiger partial charge in [-0.05, 0) is 50.5 Å². The van der Waals surface area contributed by atoms with Crippen molar-refractivity contribution in [1.29, 1.82) is 0 Å². The minimum Gasteiger partial charge on any atom is -0.384 e. The second-order valence-corrected chi connectivity index (χ2v) is 5.57. The van der Waals surface area contributed by atoms with Crippen molar-refractivity contribution < 1.29 is 14.6 Å². The molecule has 1 fully saturated rings. The van der Waals surface area contributed by atoms with Gasteiger partial charge >= 0.3 is 0 Å². The van der Waals surface area contributed by atoms with Crippen LogP contribution in [-0.4, -0.2) is 36.4 Å². The van der Waals surface area contributed by atoms with E-state index < -0.39 is 0 Å². The number of aryl methyl sites for hydroxylation is 1. The van der Waals surface area contributed by atoms with Crippen molar-refractivity contribution in [1.82, 2.24) is 5.32 Å². The lowest BCUT2D eigenvalue weighted by atomic mass is 10.0. The second kappa shape index (κ2) is 6.75. The molecule has 1 heterocycles. The van der Waals surface area contributed by atoms with Gasteiger partial charge in [-0.1, -0.05) is 11.8 Å². The highest BCUT2D eigenvalue weighted by atomic mass is 16.5. The summed E-state index contributed by atoms with van der Waals surface area (Å²) < 4.78 is 5.66. The van der Waals surface area contributed by atoms with Crippen LogP contribution in [0.5, 0.6) is 0 Å². The second-order valence-electron chi connectivity index (χ2n) is 5.57. The van der Waals surface area contributed by atoms with E-state index in [2.05, 4.69) is 17.2 Å². The predicted molar refractivity (Wildman–Crippen MR) is 81.1 cm³/mol. The molecule has 0 radical (unpaired) electrons. The Kier molecular flexibility index (Phi) is 5.00. The van der Waals surface area contributed by atoms with Gasteiger partial charge in [-0.2, -0.15) is 0 Å². The van der Waals surface area contributed by atoms with Crippen molar-refractivity contribution in [3.8, 4) is 11.8 Å². The molecule has 2 rings (SSSR count). The first-order valence-electron chi connectivity index (χ1n) is 7.17. The summed E-state index contributed by atoms with van der Waals surface area (Å²) in [6, 6.07) is 5.37. The number of hydrogen-bond donors (Lipinski definition) is 2. The van der Waals surface area contributed by atoms with Gasteiger partial charge in [0.15, 0.2) is 0 Å². The molecule has 2 N–H and O–H groups in total. The van der Waals surface area contributed by atoms with Gasteiger partial charge in [0.05, 0.1) is 5.60 Å². The van der Waals surface area contributed by atoms with E-state index in [-0.39, 0.29) is 18.1 Å². The highest BCUT2D eigenvalue weighted by Gasteiger charge is 2.30. The van der Waals surface area contributed by atoms with E-state index in [1.165, 1.54) is 0 Å². The number of aliphatic hydroxyl groups is 1. The van der Waals surface area contributed by atoms with Crippen LogP contribution in [0.4, 0.5) is 0 Å². The smallest absolute Gasteiger partial charge is 0.251 e. The van der Waals surface area contributed by atoms with Crippen molar-refractivity contribution in [2.24, 2.45) is 0 Å². The van der Waals surface area contributed by atoms with Crippen LogP contribution in [0.3, 0.4) is 0 Å². The van der Waals surface area contributed by atoms with Crippen molar-refractivity contribution in [3.05, 3.63) is 34.9 Å². The maximum atomic E-state index is 12.2. The Morgan fingerprint density at radius 1 is 1.52 bits per heavy atom. The quantitative estimate of drug-likeness (QED) is 0.831. The zero-order valence-corrected chi connectivity index (χ0v) is 12.5. The number of benzene rings is 1. The van der Waals surface area contributed by atoms with E-state index in [1.807, 2.05) is 19.9 Å². The first kappa shape index (κ1) is 15.6. The molecule has 4 nitrogen and oxygen atoms in total. The lowest BCUT2D eigenvalue weighted by Crippen LogP contribution is -2.40. The lowest BCUT2D eigenvalue weighted by Gasteiger charge is -2.23. The third-order valence-electron chi connectivity index (χ3n) is 3.71. The van der Waals surface area contributed by atoms with Gasteiger partial charge in [-0.15, -0.1) is 0 Å². The topological polar surface area (TPSA) is 58.6 Å². The van der Waals surface area contributed by atoms with Crippen LogP contribution in [0, 0.1) is 18.8 Å². The van der Waals surface area contributed by atoms with Gasteiger partial charge in [0.1, 0.15) is 6.61 Å². The number of carbonyl (C=O) groups excluding carboxylic acids is 1. The number of nitrogens with one attached hydrogen (secondary N) is 1. The molecule has 0 aliphatic carbocycles. The molecule has 1 aliphatic rings. The fourth-order valence-corrected chi connectivity index (χ4v) is 2.43. The molecule has 112 valence electrons. The molecule has 0 aromatic heterocycles. The molecular formula is C17H21NO3. The third-order valence-corrected chi connectivity index (χ3v) is 3.71. The Hall–Kier alpha value is -1.83. The van der Waals surface area contributed by atoms with Crippen LogP contribution in [-0.2, 0) is 4.74 Å². The normalized spacial score (nSPS) is 20.7. The van der Waals surface area contributed by atoms with Gasteiger partial charge in [0.25, 0.3) is 5.91 Å². The standard InChI is InChI=1S/C17H21NO3/c1-13-11-15(7-6-14(13)5-3-9-19)16(20)18-12-17(2)8-4-10-21-17/h6-7,11,19H,4,8-10,12H2,1-2H3,(H,18,20). The third kappa shape index (κ3) is 4.07. The number of aliphatic hydroxyl groups excluding tert-OH is 1. The lowest BCUT2D eigenvalue weighted by molar-refractivity contribution is 0.0206. The fraction of sp³-hybridized carbons (Fsp3) is 0.471. The number of hydrogen-bond acceptors (Lipinski definition) is 3. The van der Waals surface area contributed by atoms with E-state index in [1.54, 1.807) is 12.1 Å². The summed E-state index contributed by atoms with van der Waals surface area (Å²) >= 11 is 0. The van der Waals surface area contributed by atoms with E-state index >= 15 is 0 Å². The minimum absolute atomic E-state index is 0.100. The fourth-order valence-electron chi connectivity index (χ4n) is 2.43. The molecule has 1 aromatic rings. The SMILES string of the molecule is Cc1cc(C(=O)NCC2(C)CCCO2)ccc1C#CCO. The summed E-state index contributed by atoms with van der Waals surface area (Å²) in [5.74, 6) is 5.37. The van der Waals surface area contributed by atoms with Crippen molar-refractivity contribution in [2.75, 3.05) is 19.8 Å². The molecular weight excluding hydrogens is 266 g/mol. The molecule has 4 heteroatoms. The average Bonchev–Trinajstić information content (AvgIpc) is 2.91. The summed E-state index contributed by atoms with van der Waals surface area (Å²) in [4.78, 5) is 12.2. The zero-order valence-electron chi connectivity index (χ0n) is 12.5. The van der Waals surface area contributed by atoms with Gasteiger partial charge < -0.3 is 15.2 Å². The molecule has 1 atom stereocenters. The maximum absolute atomic E-state index is 12.2. The number of carbonyl (C=O) groups is 1. The molecule has 0 spiro atoms. The van der Waals surface area contributed by atoms with Crippen LogP contribution in [0.15, 0.2) is 18.2 Å².